The van der Waals surface area contributed by atoms with Gasteiger partial charge in [-0.3, -0.25) is 4.79 Å². The normalized spacial score (nSPS) is 16.8. The zero-order valence-electron chi connectivity index (χ0n) is 24.8. The van der Waals surface area contributed by atoms with Gasteiger partial charge in [-0.15, -0.1) is 0 Å². The molecule has 0 aliphatic carbocycles. The molecule has 13 heteroatoms. The molecule has 1 aliphatic rings. The Bertz CT molecular complexity index is 1890. The van der Waals surface area contributed by atoms with Crippen LogP contribution in [0.15, 0.2) is 73.0 Å². The van der Waals surface area contributed by atoms with E-state index in [0.29, 0.717) is 31.1 Å². The number of hydrogen-bond acceptors (Lipinski definition) is 10. The van der Waals surface area contributed by atoms with E-state index in [1.165, 1.54) is 11.2 Å². The fraction of sp³-hybridized carbons (Fsp3) is 0.290. The average molecular weight is 599 g/mol. The molecule has 5 aromatic rings. The number of rotatable bonds is 7. The zero-order chi connectivity index (χ0) is 31.1. The van der Waals surface area contributed by atoms with Gasteiger partial charge in [-0.05, 0) is 62.2 Å². The third-order valence-corrected chi connectivity index (χ3v) is 8.04. The van der Waals surface area contributed by atoms with Crippen LogP contribution >= 0.6 is 0 Å². The van der Waals surface area contributed by atoms with Crippen molar-refractivity contribution < 1.29 is 24.9 Å². The molecule has 6 rings (SSSR count). The molecule has 4 N–H and O–H groups in total. The molecule has 13 nitrogen and oxygen atoms in total. The van der Waals surface area contributed by atoms with E-state index < -0.39 is 17.6 Å². The molecule has 0 spiro atoms. The smallest absolute Gasteiger partial charge is 0.324 e. The maximum absolute atomic E-state index is 12.8. The van der Waals surface area contributed by atoms with Gasteiger partial charge in [0.15, 0.2) is 5.82 Å². The summed E-state index contributed by atoms with van der Waals surface area (Å²) >= 11 is 0. The molecular weight excluding hydrogens is 564 g/mol. The minimum absolute atomic E-state index is 0.280. The van der Waals surface area contributed by atoms with Crippen LogP contribution < -0.4 is 15.0 Å². The molecule has 2 unspecified atom stereocenters. The summed E-state index contributed by atoms with van der Waals surface area (Å²) in [7, 11) is 1.96. The maximum atomic E-state index is 12.8. The van der Waals surface area contributed by atoms with Crippen LogP contribution in [0.3, 0.4) is 0 Å². The van der Waals surface area contributed by atoms with Gasteiger partial charge in [-0.25, -0.2) is 14.5 Å². The van der Waals surface area contributed by atoms with Gasteiger partial charge in [-0.1, -0.05) is 6.92 Å². The number of nitrogens with one attached hydrogen (secondary N) is 1. The lowest BCUT2D eigenvalue weighted by Gasteiger charge is -2.46. The maximum Gasteiger partial charge on any atom is 0.324 e. The van der Waals surface area contributed by atoms with Gasteiger partial charge in [0, 0.05) is 50.2 Å². The third-order valence-electron chi connectivity index (χ3n) is 8.04. The highest BCUT2D eigenvalue weighted by atomic mass is 16.5. The number of piperazine rings is 1. The van der Waals surface area contributed by atoms with Crippen molar-refractivity contribution in [2.45, 2.75) is 39.3 Å². The van der Waals surface area contributed by atoms with Gasteiger partial charge in [-0.2, -0.15) is 5.10 Å². The number of benzene rings is 2. The van der Waals surface area contributed by atoms with Crippen molar-refractivity contribution in [2.75, 3.05) is 23.3 Å². The molecule has 1 saturated heterocycles. The number of aliphatic hydroxyl groups is 3. The summed E-state index contributed by atoms with van der Waals surface area (Å²) in [5.41, 5.74) is 5.31. The van der Waals surface area contributed by atoms with Crippen molar-refractivity contribution in [1.29, 1.82) is 0 Å². The Labute approximate surface area is 253 Å². The van der Waals surface area contributed by atoms with Gasteiger partial charge in [0.05, 0.1) is 23.0 Å². The van der Waals surface area contributed by atoms with Crippen molar-refractivity contribution >= 4 is 39.6 Å². The third kappa shape index (κ3) is 5.16. The van der Waals surface area contributed by atoms with Crippen molar-refractivity contribution in [3.8, 4) is 11.5 Å². The van der Waals surface area contributed by atoms with E-state index in [0.717, 1.165) is 39.2 Å². The predicted octanol–water partition coefficient (Wildman–Crippen LogP) is 5.12. The Balaban J connectivity index is 1.24. The first-order valence-corrected chi connectivity index (χ1v) is 14.3. The Hall–Kier alpha value is -5.46. The van der Waals surface area contributed by atoms with Crippen LogP contribution in [-0.2, 0) is 11.8 Å². The first-order chi connectivity index (χ1) is 21.1. The number of nitrogens with zero attached hydrogens (tertiary/aromatic N) is 7. The first kappa shape index (κ1) is 28.6. The molecule has 3 aromatic heterocycles. The van der Waals surface area contributed by atoms with E-state index in [9.17, 15) is 20.1 Å². The van der Waals surface area contributed by atoms with Gasteiger partial charge in [0.2, 0.25) is 0 Å². The van der Waals surface area contributed by atoms with Crippen LogP contribution in [0.4, 0.5) is 17.2 Å². The number of aromatic nitrogens is 5. The number of anilines is 3. The van der Waals surface area contributed by atoms with Crippen LogP contribution in [-0.4, -0.2) is 75.4 Å². The summed E-state index contributed by atoms with van der Waals surface area (Å²) in [5, 5.41) is 36.3. The molecule has 44 heavy (non-hydrogen) atoms. The number of amides is 1. The van der Waals surface area contributed by atoms with Crippen molar-refractivity contribution in [1.82, 2.24) is 29.0 Å². The highest BCUT2D eigenvalue weighted by Gasteiger charge is 2.38. The van der Waals surface area contributed by atoms with Gasteiger partial charge in [0.25, 0.3) is 11.7 Å². The molecule has 4 heterocycles. The summed E-state index contributed by atoms with van der Waals surface area (Å²) in [6, 6.07) is 13.0. The molecule has 2 atom stereocenters. The number of carbonyl (C=O) groups excluding carboxylic acids is 1. The van der Waals surface area contributed by atoms with E-state index in [2.05, 4.69) is 25.3 Å². The van der Waals surface area contributed by atoms with Crippen molar-refractivity contribution in [3.63, 3.8) is 0 Å². The lowest BCUT2D eigenvalue weighted by molar-refractivity contribution is -0.136. The Morgan fingerprint density at radius 1 is 1.09 bits per heavy atom. The summed E-state index contributed by atoms with van der Waals surface area (Å²) < 4.78 is 9.90. The SMILES string of the molecule is CCC1CN(c2ccn3ncnc(Nc4ccc(Oc5ccc6c(c5)ncn6C)c(C)c4)c23)CC(C)N1C(=O)C(O)=C(O)O. The zero-order valence-corrected chi connectivity index (χ0v) is 24.8. The quantitative estimate of drug-likeness (QED) is 0.147. The fourth-order valence-electron chi connectivity index (χ4n) is 5.86. The second-order valence-electron chi connectivity index (χ2n) is 11.0. The van der Waals surface area contributed by atoms with Gasteiger partial charge >= 0.3 is 5.95 Å². The molecule has 1 fully saturated rings. The Morgan fingerprint density at radius 3 is 2.66 bits per heavy atom. The number of carbonyl (C=O) groups is 1. The minimum Gasteiger partial charge on any atom is -0.498 e. The highest BCUT2D eigenvalue weighted by Crippen LogP contribution is 2.34. The van der Waals surface area contributed by atoms with Crippen LogP contribution in [0.25, 0.3) is 16.6 Å². The molecule has 0 bridgehead atoms. The van der Waals surface area contributed by atoms with E-state index in [4.69, 9.17) is 4.74 Å². The Morgan fingerprint density at radius 2 is 1.91 bits per heavy atom. The van der Waals surface area contributed by atoms with Crippen LogP contribution in [0.5, 0.6) is 11.5 Å². The highest BCUT2D eigenvalue weighted by molar-refractivity contribution is 5.92. The number of ether oxygens (including phenoxy) is 1. The standard InChI is InChI=1S/C31H34N8O5/c1-5-21-15-37(14-19(3)39(21)30(41)28(40)31(42)43)25-10-11-38-27(25)29(32-16-34-38)35-20-6-9-26(18(2)12-20)44-22-7-8-24-23(13-22)33-17-36(24)4/h6-13,16-17,19,21,40,42-43H,5,14-15H2,1-4H3,(H,32,34,35). The van der Waals surface area contributed by atoms with Gasteiger partial charge in [0.1, 0.15) is 23.3 Å². The summed E-state index contributed by atoms with van der Waals surface area (Å²) in [5.74, 6) is -1.21. The lowest BCUT2D eigenvalue weighted by atomic mass is 10.0. The topological polar surface area (TPSA) is 154 Å². The minimum atomic E-state index is -1.38. The molecule has 0 saturated carbocycles. The van der Waals surface area contributed by atoms with Crippen LogP contribution in [0.1, 0.15) is 25.8 Å². The molecule has 0 radical (unpaired) electrons. The van der Waals surface area contributed by atoms with E-state index in [1.54, 1.807) is 10.8 Å². The lowest BCUT2D eigenvalue weighted by Crippen LogP contribution is -2.60. The molecule has 1 aliphatic heterocycles. The van der Waals surface area contributed by atoms with Crippen molar-refractivity contribution in [2.24, 2.45) is 7.05 Å². The number of aryl methyl sites for hydroxylation is 2. The number of fused-ring (bicyclic) bond motifs is 2. The van der Waals surface area contributed by atoms with E-state index >= 15 is 0 Å². The van der Waals surface area contributed by atoms with Gasteiger partial charge < -0.3 is 39.7 Å². The van der Waals surface area contributed by atoms with Crippen molar-refractivity contribution in [3.05, 3.63) is 78.6 Å². The van der Waals surface area contributed by atoms with Crippen LogP contribution in [0.2, 0.25) is 0 Å². The average Bonchev–Trinajstić information content (AvgIpc) is 3.61. The largest absolute Gasteiger partial charge is 0.498 e. The number of imidazole rings is 1. The van der Waals surface area contributed by atoms with Crippen LogP contribution in [0, 0.1) is 6.92 Å². The molecule has 2 aromatic carbocycles. The summed E-state index contributed by atoms with van der Waals surface area (Å²) in [6.45, 7) is 6.71. The summed E-state index contributed by atoms with van der Waals surface area (Å²) in [6.07, 6.45) is 5.73. The Kier molecular flexibility index (Phi) is 7.37. The second-order valence-corrected chi connectivity index (χ2v) is 11.0. The molecular formula is C31H34N8O5. The number of aliphatic hydroxyl groups excluding tert-OH is 2. The van der Waals surface area contributed by atoms with E-state index in [1.807, 2.05) is 81.0 Å². The first-order valence-electron chi connectivity index (χ1n) is 14.3. The predicted molar refractivity (Wildman–Crippen MR) is 166 cm³/mol. The molecule has 228 valence electrons. The fourth-order valence-corrected chi connectivity index (χ4v) is 5.86. The summed E-state index contributed by atoms with van der Waals surface area (Å²) in [4.78, 5) is 25.5. The van der Waals surface area contributed by atoms with E-state index in [-0.39, 0.29) is 12.1 Å². The molecule has 1 amide bonds. The monoisotopic (exact) mass is 598 g/mol. The second kappa shape index (κ2) is 11.3. The number of hydrogen-bond donors (Lipinski definition) is 4.